The molecule has 0 aliphatic rings. The Balaban J connectivity index is 1.96. The fourth-order valence-corrected chi connectivity index (χ4v) is 2.01. The highest BCUT2D eigenvalue weighted by Crippen LogP contribution is 2.28. The molecule has 0 heterocycles. The van der Waals surface area contributed by atoms with Gasteiger partial charge in [-0.2, -0.15) is 0 Å². The van der Waals surface area contributed by atoms with E-state index in [0.717, 1.165) is 0 Å². The second-order valence-electron chi connectivity index (χ2n) is 5.07. The number of hydrogen-bond acceptors (Lipinski definition) is 6. The van der Waals surface area contributed by atoms with Crippen molar-refractivity contribution in [2.24, 2.45) is 0 Å². The van der Waals surface area contributed by atoms with Gasteiger partial charge in [-0.3, -0.25) is 4.79 Å². The van der Waals surface area contributed by atoms with E-state index >= 15 is 0 Å². The minimum atomic E-state index is -0.613. The van der Waals surface area contributed by atoms with Crippen LogP contribution in [0.1, 0.15) is 10.4 Å². The highest BCUT2D eigenvalue weighted by atomic mass is 19.1. The number of esters is 1. The quantitative estimate of drug-likeness (QED) is 0.697. The first-order valence-electron chi connectivity index (χ1n) is 7.67. The largest absolute Gasteiger partial charge is 0.493 e. The van der Waals surface area contributed by atoms with Crippen molar-refractivity contribution in [2.45, 2.75) is 0 Å². The maximum atomic E-state index is 12.8. The van der Waals surface area contributed by atoms with Crippen LogP contribution in [-0.4, -0.2) is 43.9 Å². The second-order valence-corrected chi connectivity index (χ2v) is 5.07. The molecule has 1 amide bonds. The molecular weight excluding hydrogens is 345 g/mol. The Labute approximate surface area is 149 Å². The molecule has 0 unspecified atom stereocenters. The summed E-state index contributed by atoms with van der Waals surface area (Å²) in [6.07, 6.45) is 0. The summed E-state index contributed by atoms with van der Waals surface area (Å²) >= 11 is 0. The lowest BCUT2D eigenvalue weighted by Gasteiger charge is -2.12. The molecular formula is C18H18FNO6. The first-order chi connectivity index (χ1) is 12.5. The summed E-state index contributed by atoms with van der Waals surface area (Å²) in [7, 11) is 1.39. The van der Waals surface area contributed by atoms with E-state index in [2.05, 4.69) is 5.32 Å². The minimum Gasteiger partial charge on any atom is -0.493 e. The van der Waals surface area contributed by atoms with Gasteiger partial charge in [0.15, 0.2) is 18.1 Å². The molecule has 7 nitrogen and oxygen atoms in total. The van der Waals surface area contributed by atoms with Gasteiger partial charge in [0.05, 0.1) is 19.3 Å². The molecule has 0 atom stereocenters. The van der Waals surface area contributed by atoms with Crippen LogP contribution in [0.15, 0.2) is 42.5 Å². The topological polar surface area (TPSA) is 94.1 Å². The lowest BCUT2D eigenvalue weighted by atomic mass is 10.2. The van der Waals surface area contributed by atoms with E-state index < -0.39 is 17.7 Å². The van der Waals surface area contributed by atoms with Crippen LogP contribution in [0.2, 0.25) is 0 Å². The SMILES string of the molecule is COc1cc(C(=O)OCCO)ccc1OCC(=O)Nc1ccc(F)cc1. The monoisotopic (exact) mass is 363 g/mol. The van der Waals surface area contributed by atoms with Gasteiger partial charge in [-0.15, -0.1) is 0 Å². The van der Waals surface area contributed by atoms with Crippen LogP contribution in [0.4, 0.5) is 10.1 Å². The molecule has 2 rings (SSSR count). The third-order valence-corrected chi connectivity index (χ3v) is 3.21. The first kappa shape index (κ1) is 19.2. The van der Waals surface area contributed by atoms with Gasteiger partial charge < -0.3 is 24.6 Å². The molecule has 0 aliphatic carbocycles. The predicted octanol–water partition coefficient (Wildman–Crippen LogP) is 2.00. The number of hydrogen-bond donors (Lipinski definition) is 2. The zero-order chi connectivity index (χ0) is 18.9. The first-order valence-corrected chi connectivity index (χ1v) is 7.67. The van der Waals surface area contributed by atoms with Gasteiger partial charge in [-0.05, 0) is 42.5 Å². The molecule has 0 saturated heterocycles. The summed E-state index contributed by atoms with van der Waals surface area (Å²) in [6, 6.07) is 9.66. The van der Waals surface area contributed by atoms with Gasteiger partial charge in [0, 0.05) is 5.69 Å². The number of methoxy groups -OCH3 is 1. The Morgan fingerprint density at radius 3 is 2.50 bits per heavy atom. The minimum absolute atomic E-state index is 0.108. The number of halogens is 1. The van der Waals surface area contributed by atoms with Crippen LogP contribution in [0.3, 0.4) is 0 Å². The number of anilines is 1. The van der Waals surface area contributed by atoms with Crippen molar-refractivity contribution in [1.29, 1.82) is 0 Å². The van der Waals surface area contributed by atoms with Crippen molar-refractivity contribution in [3.63, 3.8) is 0 Å². The maximum Gasteiger partial charge on any atom is 0.338 e. The standard InChI is InChI=1S/C18H18FNO6/c1-24-16-10-12(18(23)25-9-8-21)2-7-15(16)26-11-17(22)20-14-5-3-13(19)4-6-14/h2-7,10,21H,8-9,11H2,1H3,(H,20,22). The van der Waals surface area contributed by atoms with Crippen LogP contribution in [-0.2, 0) is 9.53 Å². The molecule has 26 heavy (non-hydrogen) atoms. The highest BCUT2D eigenvalue weighted by molar-refractivity contribution is 5.92. The Hall–Kier alpha value is -3.13. The van der Waals surface area contributed by atoms with Crippen molar-refractivity contribution in [3.05, 3.63) is 53.8 Å². The smallest absolute Gasteiger partial charge is 0.338 e. The predicted molar refractivity (Wildman–Crippen MR) is 90.9 cm³/mol. The van der Waals surface area contributed by atoms with E-state index in [1.54, 1.807) is 0 Å². The molecule has 2 N–H and O–H groups in total. The lowest BCUT2D eigenvalue weighted by molar-refractivity contribution is -0.118. The third kappa shape index (κ3) is 5.45. The van der Waals surface area contributed by atoms with E-state index in [0.29, 0.717) is 5.69 Å². The maximum absolute atomic E-state index is 12.8. The van der Waals surface area contributed by atoms with Crippen molar-refractivity contribution in [3.8, 4) is 11.5 Å². The second kappa shape index (κ2) is 9.38. The van der Waals surface area contributed by atoms with Crippen molar-refractivity contribution in [2.75, 3.05) is 32.2 Å². The molecule has 2 aromatic carbocycles. The number of carbonyl (C=O) groups is 2. The Kier molecular flexibility index (Phi) is 6.92. The Morgan fingerprint density at radius 1 is 1.12 bits per heavy atom. The van der Waals surface area contributed by atoms with Crippen LogP contribution < -0.4 is 14.8 Å². The zero-order valence-corrected chi connectivity index (χ0v) is 14.0. The molecule has 0 spiro atoms. The third-order valence-electron chi connectivity index (χ3n) is 3.21. The molecule has 138 valence electrons. The van der Waals surface area contributed by atoms with Crippen LogP contribution in [0.25, 0.3) is 0 Å². The van der Waals surface area contributed by atoms with E-state index in [-0.39, 0.29) is 36.9 Å². The van der Waals surface area contributed by atoms with Crippen LogP contribution in [0.5, 0.6) is 11.5 Å². The molecule has 0 aliphatic heterocycles. The average Bonchev–Trinajstić information content (AvgIpc) is 2.66. The van der Waals surface area contributed by atoms with Crippen LogP contribution >= 0.6 is 0 Å². The Bertz CT molecular complexity index is 763. The summed E-state index contributed by atoms with van der Waals surface area (Å²) in [6.45, 7) is -0.682. The number of nitrogens with one attached hydrogen (secondary N) is 1. The molecule has 0 radical (unpaired) electrons. The molecule has 8 heteroatoms. The number of carbonyl (C=O) groups excluding carboxylic acids is 2. The number of rotatable bonds is 8. The number of aliphatic hydroxyl groups excluding tert-OH is 1. The number of benzene rings is 2. The molecule has 0 bridgehead atoms. The van der Waals surface area contributed by atoms with Gasteiger partial charge in [-0.25, -0.2) is 9.18 Å². The summed E-state index contributed by atoms with van der Waals surface area (Å²) in [5.41, 5.74) is 0.660. The Morgan fingerprint density at radius 2 is 1.85 bits per heavy atom. The van der Waals surface area contributed by atoms with Gasteiger partial charge >= 0.3 is 5.97 Å². The lowest BCUT2D eigenvalue weighted by Crippen LogP contribution is -2.20. The van der Waals surface area contributed by atoms with E-state index in [1.165, 1.54) is 49.6 Å². The summed E-state index contributed by atoms with van der Waals surface area (Å²) in [4.78, 5) is 23.7. The average molecular weight is 363 g/mol. The van der Waals surface area contributed by atoms with Gasteiger partial charge in [-0.1, -0.05) is 0 Å². The van der Waals surface area contributed by atoms with Gasteiger partial charge in [0.1, 0.15) is 12.4 Å². The number of ether oxygens (including phenoxy) is 3. The molecule has 0 saturated carbocycles. The van der Waals surface area contributed by atoms with Crippen molar-refractivity contribution >= 4 is 17.6 Å². The van der Waals surface area contributed by atoms with Crippen molar-refractivity contribution < 1.29 is 33.3 Å². The molecule has 2 aromatic rings. The fourth-order valence-electron chi connectivity index (χ4n) is 2.01. The highest BCUT2D eigenvalue weighted by Gasteiger charge is 2.13. The fraction of sp³-hybridized carbons (Fsp3) is 0.222. The van der Waals surface area contributed by atoms with E-state index in [4.69, 9.17) is 19.3 Å². The molecule has 0 fully saturated rings. The van der Waals surface area contributed by atoms with E-state index in [9.17, 15) is 14.0 Å². The van der Waals surface area contributed by atoms with E-state index in [1.807, 2.05) is 0 Å². The summed E-state index contributed by atoms with van der Waals surface area (Å²) in [5, 5.41) is 11.2. The number of aliphatic hydroxyl groups is 1. The van der Waals surface area contributed by atoms with Crippen LogP contribution in [0, 0.1) is 5.82 Å². The van der Waals surface area contributed by atoms with Gasteiger partial charge in [0.25, 0.3) is 5.91 Å². The zero-order valence-electron chi connectivity index (χ0n) is 14.0. The summed E-state index contributed by atoms with van der Waals surface area (Å²) < 4.78 is 28.2. The van der Waals surface area contributed by atoms with Crippen molar-refractivity contribution in [1.82, 2.24) is 0 Å². The summed E-state index contributed by atoms with van der Waals surface area (Å²) in [5.74, 6) is -0.942. The van der Waals surface area contributed by atoms with Gasteiger partial charge in [0.2, 0.25) is 0 Å². The number of amides is 1. The molecule has 0 aromatic heterocycles. The normalized spacial score (nSPS) is 10.1.